The van der Waals surface area contributed by atoms with Crippen LogP contribution in [0.1, 0.15) is 36.8 Å². The van der Waals surface area contributed by atoms with E-state index in [4.69, 9.17) is 4.74 Å². The van der Waals surface area contributed by atoms with Gasteiger partial charge in [-0.2, -0.15) is 0 Å². The molecule has 0 bridgehead atoms. The highest BCUT2D eigenvalue weighted by atomic mass is 16.5. The summed E-state index contributed by atoms with van der Waals surface area (Å²) in [7, 11) is 1.67. The molecule has 0 aromatic heterocycles. The van der Waals surface area contributed by atoms with E-state index in [0.29, 0.717) is 19.1 Å². The van der Waals surface area contributed by atoms with E-state index in [1.54, 1.807) is 7.11 Å². The van der Waals surface area contributed by atoms with Crippen LogP contribution in [-0.2, 0) is 9.53 Å². The van der Waals surface area contributed by atoms with Crippen molar-refractivity contribution in [2.45, 2.75) is 32.6 Å². The molecule has 0 saturated carbocycles. The SMILES string of the molecule is COCC1(C(=O)NCC(C)c2ccc(C)cc2)CCNCC1. The Hall–Kier alpha value is -1.39. The van der Waals surface area contributed by atoms with Crippen molar-refractivity contribution in [2.75, 3.05) is 33.4 Å². The fourth-order valence-corrected chi connectivity index (χ4v) is 3.06. The lowest BCUT2D eigenvalue weighted by molar-refractivity contribution is -0.136. The molecule has 1 atom stereocenters. The Bertz CT molecular complexity index is 473. The molecule has 1 fully saturated rings. The smallest absolute Gasteiger partial charge is 0.228 e. The molecule has 122 valence electrons. The first-order valence-electron chi connectivity index (χ1n) is 8.12. The lowest BCUT2D eigenvalue weighted by Gasteiger charge is -2.35. The third-order valence-corrected chi connectivity index (χ3v) is 4.68. The summed E-state index contributed by atoms with van der Waals surface area (Å²) in [5.41, 5.74) is 2.15. The summed E-state index contributed by atoms with van der Waals surface area (Å²) < 4.78 is 5.32. The first-order chi connectivity index (χ1) is 10.6. The quantitative estimate of drug-likeness (QED) is 0.847. The molecule has 4 heteroatoms. The van der Waals surface area contributed by atoms with Crippen molar-refractivity contribution in [2.24, 2.45) is 5.41 Å². The molecule has 1 aromatic carbocycles. The summed E-state index contributed by atoms with van der Waals surface area (Å²) in [6.45, 7) is 7.16. The Balaban J connectivity index is 1.93. The summed E-state index contributed by atoms with van der Waals surface area (Å²) >= 11 is 0. The fraction of sp³-hybridized carbons (Fsp3) is 0.611. The number of methoxy groups -OCH3 is 1. The van der Waals surface area contributed by atoms with Gasteiger partial charge in [-0.15, -0.1) is 0 Å². The van der Waals surface area contributed by atoms with Crippen LogP contribution in [0.15, 0.2) is 24.3 Å². The van der Waals surface area contributed by atoms with Gasteiger partial charge in [-0.1, -0.05) is 36.8 Å². The summed E-state index contributed by atoms with van der Waals surface area (Å²) in [6.07, 6.45) is 1.68. The van der Waals surface area contributed by atoms with E-state index in [1.807, 2.05) is 0 Å². The second-order valence-corrected chi connectivity index (χ2v) is 6.49. The van der Waals surface area contributed by atoms with Crippen molar-refractivity contribution in [1.82, 2.24) is 10.6 Å². The Morgan fingerprint density at radius 1 is 1.32 bits per heavy atom. The van der Waals surface area contributed by atoms with Crippen LogP contribution in [0, 0.1) is 12.3 Å². The van der Waals surface area contributed by atoms with Crippen molar-refractivity contribution in [3.63, 3.8) is 0 Å². The maximum absolute atomic E-state index is 12.7. The van der Waals surface area contributed by atoms with E-state index in [2.05, 4.69) is 48.7 Å². The largest absolute Gasteiger partial charge is 0.384 e. The molecule has 1 aromatic rings. The molecule has 1 aliphatic heterocycles. The number of rotatable bonds is 6. The molecular formula is C18H28N2O2. The Labute approximate surface area is 133 Å². The first-order valence-corrected chi connectivity index (χ1v) is 8.12. The zero-order chi connectivity index (χ0) is 16.0. The maximum Gasteiger partial charge on any atom is 0.228 e. The predicted molar refractivity (Wildman–Crippen MR) is 89.0 cm³/mol. The highest BCUT2D eigenvalue weighted by molar-refractivity contribution is 5.83. The highest BCUT2D eigenvalue weighted by Crippen LogP contribution is 2.29. The average molecular weight is 304 g/mol. The van der Waals surface area contributed by atoms with Gasteiger partial charge < -0.3 is 15.4 Å². The molecule has 2 N–H and O–H groups in total. The van der Waals surface area contributed by atoms with Gasteiger partial charge in [-0.3, -0.25) is 4.79 Å². The Morgan fingerprint density at radius 3 is 2.55 bits per heavy atom. The lowest BCUT2D eigenvalue weighted by atomic mass is 9.78. The molecule has 1 amide bonds. The van der Waals surface area contributed by atoms with Crippen LogP contribution >= 0.6 is 0 Å². The van der Waals surface area contributed by atoms with Gasteiger partial charge in [0.2, 0.25) is 5.91 Å². The zero-order valence-corrected chi connectivity index (χ0v) is 13.9. The number of ether oxygens (including phenoxy) is 1. The number of hydrogen-bond acceptors (Lipinski definition) is 3. The van der Waals surface area contributed by atoms with Crippen LogP contribution in [0.5, 0.6) is 0 Å². The molecule has 0 spiro atoms. The van der Waals surface area contributed by atoms with Gasteiger partial charge >= 0.3 is 0 Å². The minimum atomic E-state index is -0.368. The van der Waals surface area contributed by atoms with E-state index in [1.165, 1.54) is 11.1 Å². The topological polar surface area (TPSA) is 50.4 Å². The van der Waals surface area contributed by atoms with Crippen LogP contribution in [0.2, 0.25) is 0 Å². The van der Waals surface area contributed by atoms with Gasteiger partial charge in [0.15, 0.2) is 0 Å². The molecule has 0 radical (unpaired) electrons. The minimum absolute atomic E-state index is 0.134. The molecule has 1 saturated heterocycles. The van der Waals surface area contributed by atoms with Crippen molar-refractivity contribution < 1.29 is 9.53 Å². The third-order valence-electron chi connectivity index (χ3n) is 4.68. The van der Waals surface area contributed by atoms with Crippen LogP contribution in [0.3, 0.4) is 0 Å². The number of amides is 1. The Kier molecular flexibility index (Phi) is 5.98. The number of aryl methyl sites for hydroxylation is 1. The molecule has 2 rings (SSSR count). The van der Waals surface area contributed by atoms with Crippen LogP contribution in [-0.4, -0.2) is 39.3 Å². The minimum Gasteiger partial charge on any atom is -0.384 e. The molecule has 1 heterocycles. The van der Waals surface area contributed by atoms with E-state index in [0.717, 1.165) is 25.9 Å². The van der Waals surface area contributed by atoms with Crippen LogP contribution in [0.25, 0.3) is 0 Å². The monoisotopic (exact) mass is 304 g/mol. The molecular weight excluding hydrogens is 276 g/mol. The molecule has 0 aliphatic carbocycles. The van der Waals surface area contributed by atoms with Crippen LogP contribution < -0.4 is 10.6 Å². The number of nitrogens with one attached hydrogen (secondary N) is 2. The number of piperidine rings is 1. The highest BCUT2D eigenvalue weighted by Gasteiger charge is 2.39. The number of carbonyl (C=O) groups is 1. The summed E-state index contributed by atoms with van der Waals surface area (Å²) in [5.74, 6) is 0.445. The summed E-state index contributed by atoms with van der Waals surface area (Å²) in [5, 5.41) is 6.46. The van der Waals surface area contributed by atoms with E-state index in [-0.39, 0.29) is 11.3 Å². The zero-order valence-electron chi connectivity index (χ0n) is 13.9. The van der Waals surface area contributed by atoms with E-state index in [9.17, 15) is 4.79 Å². The third kappa shape index (κ3) is 4.08. The first kappa shape index (κ1) is 17.0. The number of carbonyl (C=O) groups excluding carboxylic acids is 1. The van der Waals surface area contributed by atoms with Crippen LogP contribution in [0.4, 0.5) is 0 Å². The maximum atomic E-state index is 12.7. The number of hydrogen-bond donors (Lipinski definition) is 2. The van der Waals surface area contributed by atoms with E-state index >= 15 is 0 Å². The van der Waals surface area contributed by atoms with Gasteiger partial charge in [0.1, 0.15) is 0 Å². The van der Waals surface area contributed by atoms with Gasteiger partial charge in [0, 0.05) is 13.7 Å². The van der Waals surface area contributed by atoms with Crippen molar-refractivity contribution in [3.05, 3.63) is 35.4 Å². The Morgan fingerprint density at radius 2 is 1.95 bits per heavy atom. The fourth-order valence-electron chi connectivity index (χ4n) is 3.06. The van der Waals surface area contributed by atoms with Crippen molar-refractivity contribution in [1.29, 1.82) is 0 Å². The molecule has 1 unspecified atom stereocenters. The predicted octanol–water partition coefficient (Wildman–Crippen LogP) is 2.23. The second-order valence-electron chi connectivity index (χ2n) is 6.49. The standard InChI is InChI=1S/C18H28N2O2/c1-14-4-6-16(7-5-14)15(2)12-20-17(21)18(13-22-3)8-10-19-11-9-18/h4-7,15,19H,8-13H2,1-3H3,(H,20,21). The lowest BCUT2D eigenvalue weighted by Crippen LogP contribution is -2.50. The molecule has 4 nitrogen and oxygen atoms in total. The van der Waals surface area contributed by atoms with Gasteiger partial charge in [0.05, 0.1) is 12.0 Å². The molecule has 22 heavy (non-hydrogen) atoms. The van der Waals surface area contributed by atoms with Gasteiger partial charge in [-0.25, -0.2) is 0 Å². The average Bonchev–Trinajstić information content (AvgIpc) is 2.54. The summed E-state index contributed by atoms with van der Waals surface area (Å²) in [6, 6.07) is 8.52. The number of benzene rings is 1. The summed E-state index contributed by atoms with van der Waals surface area (Å²) in [4.78, 5) is 12.7. The van der Waals surface area contributed by atoms with E-state index < -0.39 is 0 Å². The van der Waals surface area contributed by atoms with Gasteiger partial charge in [-0.05, 0) is 44.3 Å². The van der Waals surface area contributed by atoms with Gasteiger partial charge in [0.25, 0.3) is 0 Å². The normalized spacial score (nSPS) is 18.7. The second kappa shape index (κ2) is 7.75. The molecule has 1 aliphatic rings. The van der Waals surface area contributed by atoms with Crippen molar-refractivity contribution in [3.8, 4) is 0 Å². The van der Waals surface area contributed by atoms with Crippen molar-refractivity contribution >= 4 is 5.91 Å².